The highest BCUT2D eigenvalue weighted by Gasteiger charge is 2.24. The minimum absolute atomic E-state index is 0.463. The van der Waals surface area contributed by atoms with Gasteiger partial charge in [-0.15, -0.1) is 11.3 Å². The van der Waals surface area contributed by atoms with Gasteiger partial charge in [-0.3, -0.25) is 0 Å². The molecular formula is C16H21N3OS. The van der Waals surface area contributed by atoms with Gasteiger partial charge >= 0.3 is 0 Å². The largest absolute Gasteiger partial charge is 0.481 e. The Morgan fingerprint density at radius 2 is 2.29 bits per heavy atom. The number of aryl methyl sites for hydroxylation is 1. The van der Waals surface area contributed by atoms with E-state index in [-0.39, 0.29) is 0 Å². The molecule has 0 radical (unpaired) electrons. The zero-order chi connectivity index (χ0) is 14.7. The molecule has 2 aromatic rings. The topological polar surface area (TPSA) is 47.0 Å². The van der Waals surface area contributed by atoms with E-state index in [1.165, 1.54) is 23.4 Å². The molecule has 0 saturated heterocycles. The molecule has 2 aromatic heterocycles. The zero-order valence-corrected chi connectivity index (χ0v) is 13.4. The molecule has 1 unspecified atom stereocenters. The van der Waals surface area contributed by atoms with E-state index in [2.05, 4.69) is 17.2 Å². The first-order chi connectivity index (χ1) is 10.3. The van der Waals surface area contributed by atoms with Gasteiger partial charge < -0.3 is 10.1 Å². The van der Waals surface area contributed by atoms with E-state index in [1.54, 1.807) is 18.4 Å². The van der Waals surface area contributed by atoms with Gasteiger partial charge in [0.25, 0.3) is 0 Å². The van der Waals surface area contributed by atoms with Crippen LogP contribution in [0.4, 0.5) is 0 Å². The second-order valence-corrected chi connectivity index (χ2v) is 6.32. The molecule has 5 heteroatoms. The third kappa shape index (κ3) is 3.09. The molecule has 0 aromatic carbocycles. The third-order valence-corrected chi connectivity index (χ3v) is 4.98. The monoisotopic (exact) mass is 303 g/mol. The molecule has 0 aliphatic heterocycles. The first-order valence-corrected chi connectivity index (χ1v) is 8.38. The summed E-state index contributed by atoms with van der Waals surface area (Å²) >= 11 is 1.77. The van der Waals surface area contributed by atoms with Gasteiger partial charge in [0.05, 0.1) is 12.8 Å². The number of pyridine rings is 1. The van der Waals surface area contributed by atoms with Crippen molar-refractivity contribution < 1.29 is 4.74 Å². The number of ether oxygens (including phenoxy) is 1. The van der Waals surface area contributed by atoms with Crippen LogP contribution in [0.2, 0.25) is 0 Å². The molecule has 1 aliphatic carbocycles. The fourth-order valence-electron chi connectivity index (χ4n) is 2.69. The first kappa shape index (κ1) is 14.5. The lowest BCUT2D eigenvalue weighted by atomic mass is 9.98. The van der Waals surface area contributed by atoms with Gasteiger partial charge in [-0.25, -0.2) is 9.97 Å². The van der Waals surface area contributed by atoms with Crippen molar-refractivity contribution in [1.82, 2.24) is 15.3 Å². The second kappa shape index (κ2) is 6.54. The summed E-state index contributed by atoms with van der Waals surface area (Å²) < 4.78 is 5.21. The molecule has 21 heavy (non-hydrogen) atoms. The van der Waals surface area contributed by atoms with Crippen molar-refractivity contribution in [3.63, 3.8) is 0 Å². The van der Waals surface area contributed by atoms with Crippen LogP contribution in [0.15, 0.2) is 18.2 Å². The molecule has 1 aliphatic rings. The van der Waals surface area contributed by atoms with Gasteiger partial charge in [-0.1, -0.05) is 13.0 Å². The summed E-state index contributed by atoms with van der Waals surface area (Å²) in [6, 6.07) is 6.30. The van der Waals surface area contributed by atoms with Crippen LogP contribution in [0.5, 0.6) is 5.88 Å². The number of rotatable bonds is 5. The van der Waals surface area contributed by atoms with E-state index < -0.39 is 0 Å². The van der Waals surface area contributed by atoms with E-state index in [9.17, 15) is 0 Å². The van der Waals surface area contributed by atoms with Gasteiger partial charge in [0.2, 0.25) is 5.88 Å². The molecular weight excluding hydrogens is 282 g/mol. The predicted molar refractivity (Wildman–Crippen MR) is 85.9 cm³/mol. The van der Waals surface area contributed by atoms with E-state index in [0.717, 1.165) is 30.1 Å². The third-order valence-electron chi connectivity index (χ3n) is 3.74. The van der Waals surface area contributed by atoms with Crippen LogP contribution in [-0.4, -0.2) is 23.6 Å². The number of fused-ring (bicyclic) bond motifs is 1. The van der Waals surface area contributed by atoms with Crippen LogP contribution >= 0.6 is 11.3 Å². The van der Waals surface area contributed by atoms with Crippen LogP contribution in [0.1, 0.15) is 42.8 Å². The first-order valence-electron chi connectivity index (χ1n) is 7.56. The maximum atomic E-state index is 5.21. The van der Waals surface area contributed by atoms with Crippen LogP contribution in [0.3, 0.4) is 0 Å². The Kier molecular flexibility index (Phi) is 4.51. The van der Waals surface area contributed by atoms with E-state index >= 15 is 0 Å². The van der Waals surface area contributed by atoms with Crippen molar-refractivity contribution in [2.24, 2.45) is 0 Å². The molecule has 0 amide bonds. The van der Waals surface area contributed by atoms with Crippen molar-refractivity contribution >= 4 is 11.3 Å². The summed E-state index contributed by atoms with van der Waals surface area (Å²) in [6.45, 7) is 3.27. The Morgan fingerprint density at radius 1 is 1.38 bits per heavy atom. The minimum Gasteiger partial charge on any atom is -0.481 e. The van der Waals surface area contributed by atoms with Gasteiger partial charge in [0, 0.05) is 17.0 Å². The number of aromatic nitrogens is 2. The maximum absolute atomic E-state index is 5.21. The standard InChI is InChI=1S/C16H21N3OS/c1-3-10-17-11-6-4-7-12-15(11)21-16(19-12)13-8-5-9-14(18-13)20-2/h5,8-9,11,17H,3-4,6-7,10H2,1-2H3. The summed E-state index contributed by atoms with van der Waals surface area (Å²) in [5.74, 6) is 0.640. The normalized spacial score (nSPS) is 17.5. The second-order valence-electron chi connectivity index (χ2n) is 5.29. The SMILES string of the molecule is CCCNC1CCCc2nc(-c3cccc(OC)n3)sc21. The molecule has 0 saturated carbocycles. The molecule has 0 bridgehead atoms. The number of hydrogen-bond acceptors (Lipinski definition) is 5. The lowest BCUT2D eigenvalue weighted by molar-refractivity contribution is 0.398. The van der Waals surface area contributed by atoms with Crippen LogP contribution in [0, 0.1) is 0 Å². The zero-order valence-electron chi connectivity index (χ0n) is 12.6. The number of hydrogen-bond donors (Lipinski definition) is 1. The van der Waals surface area contributed by atoms with Gasteiger partial charge in [-0.2, -0.15) is 0 Å². The minimum atomic E-state index is 0.463. The smallest absolute Gasteiger partial charge is 0.213 e. The number of thiazole rings is 1. The highest BCUT2D eigenvalue weighted by Crippen LogP contribution is 2.37. The van der Waals surface area contributed by atoms with E-state index in [4.69, 9.17) is 9.72 Å². The Balaban J connectivity index is 1.90. The molecule has 3 rings (SSSR count). The van der Waals surface area contributed by atoms with Gasteiger partial charge in [0.15, 0.2) is 0 Å². The van der Waals surface area contributed by atoms with Crippen molar-refractivity contribution in [2.45, 2.75) is 38.6 Å². The maximum Gasteiger partial charge on any atom is 0.213 e. The van der Waals surface area contributed by atoms with Crippen LogP contribution < -0.4 is 10.1 Å². The van der Waals surface area contributed by atoms with Gasteiger partial charge in [0.1, 0.15) is 10.7 Å². The summed E-state index contributed by atoms with van der Waals surface area (Å²) in [5, 5.41) is 4.64. The lowest BCUT2D eigenvalue weighted by Gasteiger charge is -2.22. The predicted octanol–water partition coefficient (Wildman–Crippen LogP) is 3.59. The Morgan fingerprint density at radius 3 is 3.10 bits per heavy atom. The molecule has 1 N–H and O–H groups in total. The van der Waals surface area contributed by atoms with Crippen molar-refractivity contribution in [1.29, 1.82) is 0 Å². The quantitative estimate of drug-likeness (QED) is 0.917. The number of nitrogens with one attached hydrogen (secondary N) is 1. The molecule has 0 spiro atoms. The number of nitrogens with zero attached hydrogens (tertiary/aromatic N) is 2. The fourth-order valence-corrected chi connectivity index (χ4v) is 3.88. The van der Waals surface area contributed by atoms with E-state index in [1.807, 2.05) is 18.2 Å². The summed E-state index contributed by atoms with van der Waals surface area (Å²) in [6.07, 6.45) is 4.66. The highest BCUT2D eigenvalue weighted by atomic mass is 32.1. The average molecular weight is 303 g/mol. The molecule has 1 atom stereocenters. The van der Waals surface area contributed by atoms with Crippen molar-refractivity contribution in [3.05, 3.63) is 28.8 Å². The molecule has 0 fully saturated rings. The summed E-state index contributed by atoms with van der Waals surface area (Å²) in [4.78, 5) is 10.7. The van der Waals surface area contributed by atoms with Crippen LogP contribution in [0.25, 0.3) is 10.7 Å². The Labute approximate surface area is 129 Å². The van der Waals surface area contributed by atoms with Crippen molar-refractivity contribution in [2.75, 3.05) is 13.7 Å². The molecule has 4 nitrogen and oxygen atoms in total. The Hall–Kier alpha value is -1.46. The highest BCUT2D eigenvalue weighted by molar-refractivity contribution is 7.15. The Bertz CT molecular complexity index is 611. The fraction of sp³-hybridized carbons (Fsp3) is 0.500. The lowest BCUT2D eigenvalue weighted by Crippen LogP contribution is -2.24. The summed E-state index contributed by atoms with van der Waals surface area (Å²) in [7, 11) is 1.64. The number of methoxy groups -OCH3 is 1. The van der Waals surface area contributed by atoms with Crippen molar-refractivity contribution in [3.8, 4) is 16.6 Å². The molecule has 2 heterocycles. The van der Waals surface area contributed by atoms with E-state index in [0.29, 0.717) is 11.9 Å². The van der Waals surface area contributed by atoms with Crippen LogP contribution in [-0.2, 0) is 6.42 Å². The average Bonchev–Trinajstić information content (AvgIpc) is 2.97. The molecule has 112 valence electrons. The van der Waals surface area contributed by atoms with Gasteiger partial charge in [-0.05, 0) is 38.3 Å². The summed E-state index contributed by atoms with van der Waals surface area (Å²) in [5.41, 5.74) is 2.16.